The van der Waals surface area contributed by atoms with Crippen LogP contribution >= 0.6 is 0 Å². The van der Waals surface area contributed by atoms with Gasteiger partial charge < -0.3 is 0 Å². The van der Waals surface area contributed by atoms with Gasteiger partial charge in [0.15, 0.2) is 0 Å². The summed E-state index contributed by atoms with van der Waals surface area (Å²) in [5.74, 6) is 0.557. The number of aromatic nitrogens is 2. The molecule has 18 heavy (non-hydrogen) atoms. The van der Waals surface area contributed by atoms with Crippen molar-refractivity contribution in [1.29, 1.82) is 0 Å². The fourth-order valence-corrected chi connectivity index (χ4v) is 2.26. The fourth-order valence-electron chi connectivity index (χ4n) is 2.26. The largest absolute Gasteiger partial charge is 0.254 e. The Bertz CT molecular complexity index is 704. The van der Waals surface area contributed by atoms with Gasteiger partial charge in [-0.05, 0) is 30.0 Å². The third-order valence-corrected chi connectivity index (χ3v) is 3.63. The molecule has 0 aliphatic carbocycles. The van der Waals surface area contributed by atoms with Gasteiger partial charge in [-0.2, -0.15) is 0 Å². The molecule has 1 aromatic carbocycles. The van der Waals surface area contributed by atoms with E-state index in [-0.39, 0.29) is 0 Å². The minimum absolute atomic E-state index is 0.557. The van der Waals surface area contributed by atoms with Gasteiger partial charge in [-0.25, -0.2) is 0 Å². The van der Waals surface area contributed by atoms with Crippen molar-refractivity contribution < 1.29 is 0 Å². The van der Waals surface area contributed by atoms with Gasteiger partial charge in [-0.1, -0.05) is 32.0 Å². The van der Waals surface area contributed by atoms with Gasteiger partial charge in [0.2, 0.25) is 0 Å². The van der Waals surface area contributed by atoms with Gasteiger partial charge in [0, 0.05) is 23.2 Å². The van der Waals surface area contributed by atoms with Gasteiger partial charge in [0.05, 0.1) is 11.0 Å². The first-order valence-corrected chi connectivity index (χ1v) is 6.43. The van der Waals surface area contributed by atoms with Crippen molar-refractivity contribution >= 4 is 21.8 Å². The van der Waals surface area contributed by atoms with Crippen molar-refractivity contribution in [1.82, 2.24) is 9.97 Å². The van der Waals surface area contributed by atoms with Crippen molar-refractivity contribution in [3.63, 3.8) is 0 Å². The Morgan fingerprint density at radius 2 is 1.83 bits per heavy atom. The number of benzene rings is 1. The van der Waals surface area contributed by atoms with E-state index in [1.54, 1.807) is 0 Å². The molecule has 2 heteroatoms. The molecule has 3 rings (SSSR count). The summed E-state index contributed by atoms with van der Waals surface area (Å²) in [6, 6.07) is 10.5. The number of rotatable bonds is 2. The maximum absolute atomic E-state index is 4.62. The van der Waals surface area contributed by atoms with E-state index in [2.05, 4.69) is 48.1 Å². The van der Waals surface area contributed by atoms with Crippen molar-refractivity contribution in [2.75, 3.05) is 0 Å². The molecule has 0 aliphatic heterocycles. The quantitative estimate of drug-likeness (QED) is 0.620. The van der Waals surface area contributed by atoms with Crippen molar-refractivity contribution in [3.05, 3.63) is 48.3 Å². The predicted octanol–water partition coefficient (Wildman–Crippen LogP) is 4.30. The standard InChI is InChI=1S/C16H16N2/c1-3-11(2)14-9-13-7-6-12-5-4-8-17-15(12)16(13)18-10-14/h4-11H,3H2,1-2H3. The molecule has 2 aromatic heterocycles. The highest BCUT2D eigenvalue weighted by atomic mass is 14.7. The molecule has 1 atom stereocenters. The van der Waals surface area contributed by atoms with E-state index in [1.807, 2.05) is 18.5 Å². The van der Waals surface area contributed by atoms with E-state index >= 15 is 0 Å². The summed E-state index contributed by atoms with van der Waals surface area (Å²) >= 11 is 0. The molecule has 90 valence electrons. The monoisotopic (exact) mass is 236 g/mol. The zero-order chi connectivity index (χ0) is 12.5. The molecular weight excluding hydrogens is 220 g/mol. The van der Waals surface area contributed by atoms with Crippen LogP contribution in [-0.4, -0.2) is 9.97 Å². The highest BCUT2D eigenvalue weighted by molar-refractivity contribution is 6.02. The maximum atomic E-state index is 4.62. The normalized spacial score (nSPS) is 13.0. The zero-order valence-electron chi connectivity index (χ0n) is 10.7. The first kappa shape index (κ1) is 11.1. The van der Waals surface area contributed by atoms with Crippen LogP contribution in [0.5, 0.6) is 0 Å². The molecule has 0 spiro atoms. The van der Waals surface area contributed by atoms with Gasteiger partial charge in [0.25, 0.3) is 0 Å². The second-order valence-electron chi connectivity index (χ2n) is 4.79. The van der Waals surface area contributed by atoms with Crippen LogP contribution in [0.2, 0.25) is 0 Å². The molecule has 2 nitrogen and oxygen atoms in total. The first-order valence-electron chi connectivity index (χ1n) is 6.43. The zero-order valence-corrected chi connectivity index (χ0v) is 10.7. The second-order valence-corrected chi connectivity index (χ2v) is 4.79. The molecule has 0 N–H and O–H groups in total. The molecule has 3 aromatic rings. The molecule has 0 amide bonds. The van der Waals surface area contributed by atoms with Crippen molar-refractivity contribution in [3.8, 4) is 0 Å². The lowest BCUT2D eigenvalue weighted by Crippen LogP contribution is -1.93. The van der Waals surface area contributed by atoms with Crippen LogP contribution in [0.1, 0.15) is 31.7 Å². The van der Waals surface area contributed by atoms with Gasteiger partial charge in [0.1, 0.15) is 0 Å². The molecular formula is C16H16N2. The molecule has 0 saturated carbocycles. The van der Waals surface area contributed by atoms with E-state index in [9.17, 15) is 0 Å². The third-order valence-electron chi connectivity index (χ3n) is 3.63. The molecule has 2 heterocycles. The van der Waals surface area contributed by atoms with Crippen LogP contribution in [0, 0.1) is 0 Å². The summed E-state index contributed by atoms with van der Waals surface area (Å²) in [4.78, 5) is 9.06. The van der Waals surface area contributed by atoms with Gasteiger partial charge in [-0.3, -0.25) is 9.97 Å². The number of fused-ring (bicyclic) bond motifs is 3. The van der Waals surface area contributed by atoms with Gasteiger partial charge >= 0.3 is 0 Å². The summed E-state index contributed by atoms with van der Waals surface area (Å²) in [7, 11) is 0. The number of nitrogens with zero attached hydrogens (tertiary/aromatic N) is 2. The fraction of sp³-hybridized carbons (Fsp3) is 0.250. The van der Waals surface area contributed by atoms with Crippen molar-refractivity contribution in [2.45, 2.75) is 26.2 Å². The Morgan fingerprint density at radius 3 is 2.67 bits per heavy atom. The van der Waals surface area contributed by atoms with E-state index in [0.717, 1.165) is 22.8 Å². The molecule has 0 bridgehead atoms. The van der Waals surface area contributed by atoms with E-state index in [1.165, 1.54) is 10.9 Å². The second kappa shape index (κ2) is 4.37. The number of hydrogen-bond acceptors (Lipinski definition) is 2. The highest BCUT2D eigenvalue weighted by Crippen LogP contribution is 2.25. The Hall–Kier alpha value is -1.96. The maximum Gasteiger partial charge on any atom is 0.0964 e. The van der Waals surface area contributed by atoms with Crippen LogP contribution in [0.25, 0.3) is 21.8 Å². The average molecular weight is 236 g/mol. The SMILES string of the molecule is CCC(C)c1cnc2c(ccc3cccnc32)c1. The number of hydrogen-bond donors (Lipinski definition) is 0. The first-order chi connectivity index (χ1) is 8.79. The molecule has 0 saturated heterocycles. The number of pyridine rings is 2. The summed E-state index contributed by atoms with van der Waals surface area (Å²) in [6.45, 7) is 4.44. The Balaban J connectivity index is 2.28. The highest BCUT2D eigenvalue weighted by Gasteiger charge is 2.07. The summed E-state index contributed by atoms with van der Waals surface area (Å²) < 4.78 is 0. The van der Waals surface area contributed by atoms with Crippen LogP contribution in [0.15, 0.2) is 42.7 Å². The van der Waals surface area contributed by atoms with Crippen molar-refractivity contribution in [2.24, 2.45) is 0 Å². The van der Waals surface area contributed by atoms with Crippen LogP contribution in [0.3, 0.4) is 0 Å². The Labute approximate surface area is 107 Å². The van der Waals surface area contributed by atoms with E-state index < -0.39 is 0 Å². The average Bonchev–Trinajstić information content (AvgIpc) is 2.45. The van der Waals surface area contributed by atoms with E-state index in [4.69, 9.17) is 0 Å². The lowest BCUT2D eigenvalue weighted by Gasteiger charge is -2.10. The Morgan fingerprint density at radius 1 is 1.06 bits per heavy atom. The molecule has 1 unspecified atom stereocenters. The van der Waals surface area contributed by atoms with Gasteiger partial charge in [-0.15, -0.1) is 0 Å². The molecule has 0 aliphatic rings. The summed E-state index contributed by atoms with van der Waals surface area (Å²) in [5, 5.41) is 2.33. The Kier molecular flexibility index (Phi) is 2.71. The lowest BCUT2D eigenvalue weighted by molar-refractivity contribution is 0.731. The smallest absolute Gasteiger partial charge is 0.0964 e. The predicted molar refractivity (Wildman–Crippen MR) is 75.8 cm³/mol. The van der Waals surface area contributed by atoms with Crippen LogP contribution in [0.4, 0.5) is 0 Å². The minimum atomic E-state index is 0.557. The topological polar surface area (TPSA) is 25.8 Å². The molecule has 0 radical (unpaired) electrons. The summed E-state index contributed by atoms with van der Waals surface area (Å²) in [6.07, 6.45) is 4.95. The summed E-state index contributed by atoms with van der Waals surface area (Å²) in [5.41, 5.74) is 3.30. The lowest BCUT2D eigenvalue weighted by atomic mass is 9.98. The molecule has 0 fully saturated rings. The third kappa shape index (κ3) is 1.74. The van der Waals surface area contributed by atoms with Crippen LogP contribution < -0.4 is 0 Å². The van der Waals surface area contributed by atoms with Crippen LogP contribution in [-0.2, 0) is 0 Å². The minimum Gasteiger partial charge on any atom is -0.254 e. The van der Waals surface area contributed by atoms with E-state index in [0.29, 0.717) is 5.92 Å².